The molecule has 0 aliphatic rings. The van der Waals surface area contributed by atoms with Gasteiger partial charge in [-0.15, -0.1) is 0 Å². The molecule has 0 bridgehead atoms. The van der Waals surface area contributed by atoms with Crippen LogP contribution in [0.4, 0.5) is 5.82 Å². The van der Waals surface area contributed by atoms with Crippen molar-refractivity contribution in [3.05, 3.63) is 61.1 Å². The fourth-order valence-corrected chi connectivity index (χ4v) is 2.53. The summed E-state index contributed by atoms with van der Waals surface area (Å²) in [7, 11) is 0. The molecule has 0 atom stereocenters. The number of hydrogen-bond acceptors (Lipinski definition) is 6. The quantitative estimate of drug-likeness (QED) is 0.599. The van der Waals surface area contributed by atoms with E-state index in [4.69, 9.17) is 10.5 Å². The molecule has 0 spiro atoms. The van der Waals surface area contributed by atoms with Crippen LogP contribution < -0.4 is 10.5 Å². The lowest BCUT2D eigenvalue weighted by Crippen LogP contribution is -1.98. The van der Waals surface area contributed by atoms with Gasteiger partial charge in [-0.1, -0.05) is 12.1 Å². The predicted octanol–water partition coefficient (Wildman–Crippen LogP) is 2.58. The minimum absolute atomic E-state index is 0.358. The Balaban J connectivity index is 1.64. The maximum atomic E-state index is 5.99. The van der Waals surface area contributed by atoms with E-state index < -0.39 is 0 Å². The van der Waals surface area contributed by atoms with Crippen LogP contribution in [-0.4, -0.2) is 24.9 Å². The molecule has 7 nitrogen and oxygen atoms in total. The number of fused-ring (bicyclic) bond motifs is 1. The topological polar surface area (TPSA) is 103 Å². The van der Waals surface area contributed by atoms with Crippen molar-refractivity contribution in [2.75, 3.05) is 5.73 Å². The second-order valence-electron chi connectivity index (χ2n) is 5.20. The van der Waals surface area contributed by atoms with Crippen molar-refractivity contribution in [2.45, 2.75) is 6.61 Å². The van der Waals surface area contributed by atoms with Gasteiger partial charge in [0.15, 0.2) is 0 Å². The molecule has 7 heteroatoms. The van der Waals surface area contributed by atoms with E-state index in [1.54, 1.807) is 18.6 Å². The molecule has 0 amide bonds. The number of aromatic nitrogens is 5. The zero-order valence-corrected chi connectivity index (χ0v) is 12.7. The van der Waals surface area contributed by atoms with Gasteiger partial charge in [0, 0.05) is 24.2 Å². The average Bonchev–Trinajstić information content (AvgIpc) is 3.07. The number of ether oxygens (including phenoxy) is 1. The monoisotopic (exact) mass is 318 g/mol. The number of nitrogens with two attached hydrogens (primary N) is 1. The van der Waals surface area contributed by atoms with Gasteiger partial charge in [0.2, 0.25) is 0 Å². The van der Waals surface area contributed by atoms with Gasteiger partial charge in [0.25, 0.3) is 0 Å². The highest BCUT2D eigenvalue weighted by molar-refractivity contribution is 6.00. The van der Waals surface area contributed by atoms with Gasteiger partial charge in [-0.2, -0.15) is 0 Å². The second-order valence-corrected chi connectivity index (χ2v) is 5.20. The lowest BCUT2D eigenvalue weighted by atomic mass is 10.1. The maximum absolute atomic E-state index is 5.99. The van der Waals surface area contributed by atoms with Crippen molar-refractivity contribution in [3.63, 3.8) is 0 Å². The van der Waals surface area contributed by atoms with Gasteiger partial charge >= 0.3 is 0 Å². The molecule has 0 saturated carbocycles. The Morgan fingerprint density at radius 1 is 1.12 bits per heavy atom. The van der Waals surface area contributed by atoms with Crippen LogP contribution in [0.3, 0.4) is 0 Å². The summed E-state index contributed by atoms with van der Waals surface area (Å²) >= 11 is 0. The molecule has 0 aliphatic heterocycles. The van der Waals surface area contributed by atoms with E-state index in [9.17, 15) is 0 Å². The van der Waals surface area contributed by atoms with Crippen LogP contribution in [0.25, 0.3) is 22.2 Å². The first-order valence-electron chi connectivity index (χ1n) is 7.37. The lowest BCUT2D eigenvalue weighted by Gasteiger charge is -2.07. The number of anilines is 1. The first-order chi connectivity index (χ1) is 11.8. The Kier molecular flexibility index (Phi) is 3.51. The summed E-state index contributed by atoms with van der Waals surface area (Å²) in [5.41, 5.74) is 9.39. The van der Waals surface area contributed by atoms with Gasteiger partial charge in [-0.25, -0.2) is 9.97 Å². The Bertz CT molecular complexity index is 983. The van der Waals surface area contributed by atoms with E-state index in [0.29, 0.717) is 18.1 Å². The minimum atomic E-state index is 0.358. The first-order valence-corrected chi connectivity index (χ1v) is 7.37. The normalized spacial score (nSPS) is 10.8. The molecular formula is C17H14N6O. The number of benzene rings is 1. The standard InChI is InChI=1S/C17H14N6O/c18-16-15-14(8-21-17(15)23-10-22-16)11-2-1-3-13(6-11)24-9-12-7-19-4-5-20-12/h1-8,10H,9H2,(H3,18,21,22,23). The van der Waals surface area contributed by atoms with Crippen molar-refractivity contribution in [1.82, 2.24) is 24.9 Å². The SMILES string of the molecule is Nc1ncnc2[nH]cc(-c3cccc(OCc4cnccn4)c3)c12. The van der Waals surface area contributed by atoms with Crippen LogP contribution in [0.15, 0.2) is 55.4 Å². The van der Waals surface area contributed by atoms with Crippen molar-refractivity contribution in [3.8, 4) is 16.9 Å². The van der Waals surface area contributed by atoms with Gasteiger partial charge < -0.3 is 15.5 Å². The molecule has 3 heterocycles. The van der Waals surface area contributed by atoms with Crippen LogP contribution in [0.5, 0.6) is 5.75 Å². The van der Waals surface area contributed by atoms with Crippen molar-refractivity contribution < 1.29 is 4.74 Å². The third-order valence-electron chi connectivity index (χ3n) is 3.65. The second kappa shape index (κ2) is 5.96. The van der Waals surface area contributed by atoms with Crippen LogP contribution in [0, 0.1) is 0 Å². The third-order valence-corrected chi connectivity index (χ3v) is 3.65. The molecule has 4 rings (SSSR count). The summed E-state index contributed by atoms with van der Waals surface area (Å²) in [6.45, 7) is 0.358. The highest BCUT2D eigenvalue weighted by Crippen LogP contribution is 2.32. The largest absolute Gasteiger partial charge is 0.487 e. The fourth-order valence-electron chi connectivity index (χ4n) is 2.53. The molecule has 24 heavy (non-hydrogen) atoms. The summed E-state index contributed by atoms with van der Waals surface area (Å²) in [5.74, 6) is 1.19. The average molecular weight is 318 g/mol. The van der Waals surface area contributed by atoms with Gasteiger partial charge in [0.1, 0.15) is 30.1 Å². The smallest absolute Gasteiger partial charge is 0.143 e. The molecule has 0 unspecified atom stereocenters. The lowest BCUT2D eigenvalue weighted by molar-refractivity contribution is 0.301. The molecule has 0 saturated heterocycles. The number of nitrogens with one attached hydrogen (secondary N) is 1. The van der Waals surface area contributed by atoms with E-state index in [1.165, 1.54) is 6.33 Å². The molecule has 118 valence electrons. The van der Waals surface area contributed by atoms with Gasteiger partial charge in [-0.05, 0) is 17.7 Å². The van der Waals surface area contributed by atoms with Gasteiger partial charge in [-0.3, -0.25) is 9.97 Å². The number of nitrogen functional groups attached to an aromatic ring is 1. The summed E-state index contributed by atoms with van der Waals surface area (Å²) in [6, 6.07) is 7.77. The number of nitrogens with zero attached hydrogens (tertiary/aromatic N) is 4. The summed E-state index contributed by atoms with van der Waals surface area (Å²) in [4.78, 5) is 19.6. The van der Waals surface area contributed by atoms with E-state index in [2.05, 4.69) is 24.9 Å². The Morgan fingerprint density at radius 2 is 2.08 bits per heavy atom. The third kappa shape index (κ3) is 2.63. The highest BCUT2D eigenvalue weighted by atomic mass is 16.5. The molecular weight excluding hydrogens is 304 g/mol. The molecule has 0 fully saturated rings. The minimum Gasteiger partial charge on any atom is -0.487 e. The summed E-state index contributed by atoms with van der Waals surface area (Å²) in [6.07, 6.45) is 8.27. The first kappa shape index (κ1) is 14.1. The number of aromatic amines is 1. The van der Waals surface area contributed by atoms with Crippen molar-refractivity contribution >= 4 is 16.9 Å². The predicted molar refractivity (Wildman–Crippen MR) is 90.1 cm³/mol. The Morgan fingerprint density at radius 3 is 2.96 bits per heavy atom. The highest BCUT2D eigenvalue weighted by Gasteiger charge is 2.11. The summed E-state index contributed by atoms with van der Waals surface area (Å²) < 4.78 is 5.80. The van der Waals surface area contributed by atoms with Crippen LogP contribution in [0.1, 0.15) is 5.69 Å². The molecule has 0 radical (unpaired) electrons. The zero-order chi connectivity index (χ0) is 16.4. The zero-order valence-electron chi connectivity index (χ0n) is 12.7. The van der Waals surface area contributed by atoms with Crippen LogP contribution >= 0.6 is 0 Å². The number of rotatable bonds is 4. The van der Waals surface area contributed by atoms with E-state index >= 15 is 0 Å². The Labute approximate surface area is 137 Å². The molecule has 1 aromatic carbocycles. The van der Waals surface area contributed by atoms with E-state index in [-0.39, 0.29) is 0 Å². The van der Waals surface area contributed by atoms with Crippen molar-refractivity contribution in [2.24, 2.45) is 0 Å². The molecule has 0 aliphatic carbocycles. The maximum Gasteiger partial charge on any atom is 0.143 e. The molecule has 4 aromatic rings. The molecule has 3 N–H and O–H groups in total. The molecule has 3 aromatic heterocycles. The van der Waals surface area contributed by atoms with Gasteiger partial charge in [0.05, 0.1) is 17.3 Å². The number of hydrogen-bond donors (Lipinski definition) is 2. The fraction of sp³-hybridized carbons (Fsp3) is 0.0588. The summed E-state index contributed by atoms with van der Waals surface area (Å²) in [5, 5.41) is 0.809. The van der Waals surface area contributed by atoms with Crippen molar-refractivity contribution in [1.29, 1.82) is 0 Å². The van der Waals surface area contributed by atoms with Crippen LogP contribution in [-0.2, 0) is 6.61 Å². The van der Waals surface area contributed by atoms with E-state index in [1.807, 2.05) is 30.5 Å². The van der Waals surface area contributed by atoms with E-state index in [0.717, 1.165) is 28.0 Å². The Hall–Kier alpha value is -3.48. The van der Waals surface area contributed by atoms with Crippen LogP contribution in [0.2, 0.25) is 0 Å². The number of H-pyrrole nitrogens is 1.